The van der Waals surface area contributed by atoms with Gasteiger partial charge in [0.2, 0.25) is 0 Å². The van der Waals surface area contributed by atoms with E-state index in [1.54, 1.807) is 0 Å². The van der Waals surface area contributed by atoms with Crippen molar-refractivity contribution in [1.82, 2.24) is 0 Å². The van der Waals surface area contributed by atoms with Crippen LogP contribution in [0.4, 0.5) is 0 Å². The molecule has 1 saturated carbocycles. The van der Waals surface area contributed by atoms with Gasteiger partial charge in [-0.1, -0.05) is 33.6 Å². The number of carbonyl (C=O) groups excluding carboxylic acids is 1. The summed E-state index contributed by atoms with van der Waals surface area (Å²) in [7, 11) is 0. The first kappa shape index (κ1) is 12.5. The summed E-state index contributed by atoms with van der Waals surface area (Å²) in [6.45, 7) is 2.81. The van der Waals surface area contributed by atoms with E-state index in [2.05, 4.69) is 6.92 Å². The summed E-state index contributed by atoms with van der Waals surface area (Å²) >= 11 is 0. The van der Waals surface area contributed by atoms with Crippen LogP contribution in [-0.4, -0.2) is 12.6 Å². The molecule has 0 saturated heterocycles. The quantitative estimate of drug-likeness (QED) is 0.470. The summed E-state index contributed by atoms with van der Waals surface area (Å²) < 4.78 is 5.07. The SMILES string of the molecule is C.CCCCCCOC(=O)C1CC1. The predicted octanol–water partition coefficient (Wildman–Crippen LogP) is 3.16. The lowest BCUT2D eigenvalue weighted by Gasteiger charge is -2.02. The fourth-order valence-electron chi connectivity index (χ4n) is 1.14. The van der Waals surface area contributed by atoms with Gasteiger partial charge in [-0.3, -0.25) is 4.79 Å². The lowest BCUT2D eigenvalue weighted by atomic mass is 10.2. The van der Waals surface area contributed by atoms with Crippen LogP contribution in [0.25, 0.3) is 0 Å². The molecule has 0 aromatic rings. The highest BCUT2D eigenvalue weighted by Crippen LogP contribution is 2.30. The second kappa shape index (κ2) is 6.93. The lowest BCUT2D eigenvalue weighted by molar-refractivity contribution is -0.145. The van der Waals surface area contributed by atoms with E-state index in [4.69, 9.17) is 4.74 Å². The topological polar surface area (TPSA) is 26.3 Å². The van der Waals surface area contributed by atoms with Crippen molar-refractivity contribution in [2.45, 2.75) is 52.9 Å². The molecular weight excluding hydrogens is 164 g/mol. The molecule has 1 fully saturated rings. The van der Waals surface area contributed by atoms with E-state index in [-0.39, 0.29) is 19.3 Å². The Morgan fingerprint density at radius 1 is 1.31 bits per heavy atom. The number of rotatable bonds is 6. The zero-order valence-corrected chi connectivity index (χ0v) is 7.84. The number of ether oxygens (including phenoxy) is 1. The third-order valence-corrected chi connectivity index (χ3v) is 2.15. The summed E-state index contributed by atoms with van der Waals surface area (Å²) in [5.41, 5.74) is 0. The third-order valence-electron chi connectivity index (χ3n) is 2.15. The van der Waals surface area contributed by atoms with Crippen LogP contribution in [0.15, 0.2) is 0 Å². The van der Waals surface area contributed by atoms with Gasteiger partial charge in [-0.05, 0) is 19.3 Å². The van der Waals surface area contributed by atoms with Gasteiger partial charge >= 0.3 is 5.97 Å². The number of unbranched alkanes of at least 4 members (excludes halogenated alkanes) is 3. The van der Waals surface area contributed by atoms with Gasteiger partial charge < -0.3 is 4.74 Å². The van der Waals surface area contributed by atoms with Gasteiger partial charge in [0, 0.05) is 0 Å². The zero-order valence-electron chi connectivity index (χ0n) is 7.84. The minimum Gasteiger partial charge on any atom is -0.465 e. The normalized spacial score (nSPS) is 14.8. The molecule has 2 heteroatoms. The van der Waals surface area contributed by atoms with Crippen LogP contribution in [0.1, 0.15) is 52.9 Å². The summed E-state index contributed by atoms with van der Waals surface area (Å²) in [4.78, 5) is 11.0. The van der Waals surface area contributed by atoms with E-state index in [1.165, 1.54) is 19.3 Å². The molecule has 0 unspecified atom stereocenters. The van der Waals surface area contributed by atoms with Crippen LogP contribution in [0.5, 0.6) is 0 Å². The molecule has 0 amide bonds. The van der Waals surface area contributed by atoms with Crippen LogP contribution in [0.2, 0.25) is 0 Å². The molecule has 0 atom stereocenters. The smallest absolute Gasteiger partial charge is 0.308 e. The maximum Gasteiger partial charge on any atom is 0.308 e. The van der Waals surface area contributed by atoms with Crippen molar-refractivity contribution in [2.24, 2.45) is 5.92 Å². The van der Waals surface area contributed by atoms with Crippen molar-refractivity contribution < 1.29 is 9.53 Å². The van der Waals surface area contributed by atoms with Gasteiger partial charge in [-0.25, -0.2) is 0 Å². The van der Waals surface area contributed by atoms with Crippen molar-refractivity contribution in [3.05, 3.63) is 0 Å². The molecule has 0 aromatic carbocycles. The predicted molar refractivity (Wildman–Crippen MR) is 54.6 cm³/mol. The van der Waals surface area contributed by atoms with Crippen molar-refractivity contribution in [1.29, 1.82) is 0 Å². The molecule has 0 aliphatic heterocycles. The highest BCUT2D eigenvalue weighted by atomic mass is 16.5. The molecule has 2 nitrogen and oxygen atoms in total. The van der Waals surface area contributed by atoms with E-state index in [0.29, 0.717) is 6.61 Å². The van der Waals surface area contributed by atoms with Crippen LogP contribution in [0.3, 0.4) is 0 Å². The van der Waals surface area contributed by atoms with Crippen LogP contribution < -0.4 is 0 Å². The highest BCUT2D eigenvalue weighted by molar-refractivity contribution is 5.74. The Hall–Kier alpha value is -0.530. The molecule has 78 valence electrons. The second-order valence-electron chi connectivity index (χ2n) is 3.50. The highest BCUT2D eigenvalue weighted by Gasteiger charge is 2.30. The van der Waals surface area contributed by atoms with Gasteiger partial charge in [-0.15, -0.1) is 0 Å². The van der Waals surface area contributed by atoms with Gasteiger partial charge in [0.15, 0.2) is 0 Å². The van der Waals surface area contributed by atoms with E-state index >= 15 is 0 Å². The first-order chi connectivity index (χ1) is 5.84. The molecule has 0 bridgehead atoms. The molecule has 0 heterocycles. The van der Waals surface area contributed by atoms with E-state index < -0.39 is 0 Å². The zero-order chi connectivity index (χ0) is 8.81. The van der Waals surface area contributed by atoms with Crippen LogP contribution >= 0.6 is 0 Å². The molecule has 0 radical (unpaired) electrons. The molecule has 1 rings (SSSR count). The molecule has 1 aliphatic carbocycles. The summed E-state index contributed by atoms with van der Waals surface area (Å²) in [5.74, 6) is 0.294. The monoisotopic (exact) mass is 186 g/mol. The van der Waals surface area contributed by atoms with Crippen LogP contribution in [-0.2, 0) is 9.53 Å². The fourth-order valence-corrected chi connectivity index (χ4v) is 1.14. The molecule has 1 aliphatic rings. The number of hydrogen-bond acceptors (Lipinski definition) is 2. The molecule has 0 aromatic heterocycles. The largest absolute Gasteiger partial charge is 0.465 e. The van der Waals surface area contributed by atoms with E-state index in [0.717, 1.165) is 19.3 Å². The Balaban J connectivity index is 0.00000144. The Kier molecular flexibility index (Phi) is 6.65. The Morgan fingerprint density at radius 3 is 2.54 bits per heavy atom. The van der Waals surface area contributed by atoms with Gasteiger partial charge in [0.1, 0.15) is 0 Å². The lowest BCUT2D eigenvalue weighted by Crippen LogP contribution is -2.07. The Morgan fingerprint density at radius 2 is 2.00 bits per heavy atom. The molecule has 13 heavy (non-hydrogen) atoms. The first-order valence-electron chi connectivity index (χ1n) is 5.01. The second-order valence-corrected chi connectivity index (χ2v) is 3.50. The molecule has 0 N–H and O–H groups in total. The van der Waals surface area contributed by atoms with E-state index in [1.807, 2.05) is 0 Å². The van der Waals surface area contributed by atoms with Gasteiger partial charge in [0.25, 0.3) is 0 Å². The number of carbonyl (C=O) groups is 1. The Labute approximate surface area is 81.7 Å². The average molecular weight is 186 g/mol. The standard InChI is InChI=1S/C10H18O2.CH4/c1-2-3-4-5-8-12-10(11)9-6-7-9;/h9H,2-8H2,1H3;1H4. The molecular formula is C11H22O2. The minimum absolute atomic E-state index is 0. The number of hydrogen-bond donors (Lipinski definition) is 0. The van der Waals surface area contributed by atoms with Crippen molar-refractivity contribution >= 4 is 5.97 Å². The minimum atomic E-state index is 0. The molecule has 0 spiro atoms. The van der Waals surface area contributed by atoms with Crippen LogP contribution in [0, 0.1) is 5.92 Å². The fraction of sp³-hybridized carbons (Fsp3) is 0.909. The third kappa shape index (κ3) is 5.67. The Bertz CT molecular complexity index is 139. The summed E-state index contributed by atoms with van der Waals surface area (Å²) in [6, 6.07) is 0. The van der Waals surface area contributed by atoms with Gasteiger partial charge in [0.05, 0.1) is 12.5 Å². The maximum atomic E-state index is 11.0. The summed E-state index contributed by atoms with van der Waals surface area (Å²) in [5, 5.41) is 0. The average Bonchev–Trinajstić information content (AvgIpc) is 2.86. The van der Waals surface area contributed by atoms with Crippen molar-refractivity contribution in [2.75, 3.05) is 6.61 Å². The van der Waals surface area contributed by atoms with Crippen molar-refractivity contribution in [3.63, 3.8) is 0 Å². The first-order valence-corrected chi connectivity index (χ1v) is 5.01. The summed E-state index contributed by atoms with van der Waals surface area (Å²) in [6.07, 6.45) is 6.81. The maximum absolute atomic E-state index is 11.0. The van der Waals surface area contributed by atoms with Crippen molar-refractivity contribution in [3.8, 4) is 0 Å². The number of esters is 1. The van der Waals surface area contributed by atoms with Gasteiger partial charge in [-0.2, -0.15) is 0 Å². The van der Waals surface area contributed by atoms with E-state index in [9.17, 15) is 4.79 Å².